The second-order valence-electron chi connectivity index (χ2n) is 5.70. The zero-order valence-electron chi connectivity index (χ0n) is 15.2. The summed E-state index contributed by atoms with van der Waals surface area (Å²) in [5, 5.41) is 0.596. The van der Waals surface area contributed by atoms with Gasteiger partial charge in [0.1, 0.15) is 17.3 Å². The molecule has 2 aromatic carbocycles. The Morgan fingerprint density at radius 3 is 2.61 bits per heavy atom. The van der Waals surface area contributed by atoms with Crippen LogP contribution in [0.1, 0.15) is 5.56 Å². The van der Waals surface area contributed by atoms with Gasteiger partial charge in [0.25, 0.3) is 0 Å². The highest BCUT2D eigenvalue weighted by atomic mass is 79.9. The molecular weight excluding hydrogens is 467 g/mol. The molecule has 0 fully saturated rings. The van der Waals surface area contributed by atoms with Gasteiger partial charge in [-0.3, -0.25) is 4.31 Å². The summed E-state index contributed by atoms with van der Waals surface area (Å²) in [5.41, 5.74) is 0.907. The summed E-state index contributed by atoms with van der Waals surface area (Å²) in [4.78, 5) is 4.92. The first-order valence-corrected chi connectivity index (χ1v) is 10.2. The smallest absolute Gasteiger partial charge is 0.214 e. The molecule has 0 spiro atoms. The fourth-order valence-corrected chi connectivity index (χ4v) is 3.94. The molecular formula is C20H17BrClFN2O2S. The van der Waals surface area contributed by atoms with E-state index in [1.54, 1.807) is 26.4 Å². The number of benzene rings is 2. The minimum Gasteiger partial charge on any atom is -0.497 e. The van der Waals surface area contributed by atoms with E-state index in [1.165, 1.54) is 18.0 Å². The quantitative estimate of drug-likeness (QED) is 0.288. The molecule has 0 saturated heterocycles. The van der Waals surface area contributed by atoms with Gasteiger partial charge in [0.2, 0.25) is 5.95 Å². The van der Waals surface area contributed by atoms with E-state index in [0.29, 0.717) is 28.9 Å². The molecule has 4 nitrogen and oxygen atoms in total. The fourth-order valence-electron chi connectivity index (χ4n) is 2.49. The van der Waals surface area contributed by atoms with Crippen molar-refractivity contribution < 1.29 is 13.9 Å². The molecule has 0 bridgehead atoms. The third-order valence-corrected chi connectivity index (χ3v) is 6.10. The molecule has 0 N–H and O–H groups in total. The molecule has 8 heteroatoms. The van der Waals surface area contributed by atoms with Crippen molar-refractivity contribution in [2.75, 3.05) is 18.5 Å². The van der Waals surface area contributed by atoms with Crippen LogP contribution in [0, 0.1) is 5.95 Å². The summed E-state index contributed by atoms with van der Waals surface area (Å²) in [6, 6.07) is 15.9. The Hall–Kier alpha value is -1.96. The summed E-state index contributed by atoms with van der Waals surface area (Å²) in [6.07, 6.45) is 0. The van der Waals surface area contributed by atoms with E-state index >= 15 is 0 Å². The van der Waals surface area contributed by atoms with E-state index in [-0.39, 0.29) is 0 Å². The molecule has 1 heterocycles. The largest absolute Gasteiger partial charge is 0.497 e. The fraction of sp³-hybridized carbons (Fsp3) is 0.150. The predicted octanol–water partition coefficient (Wildman–Crippen LogP) is 6.37. The van der Waals surface area contributed by atoms with Crippen LogP contribution in [0.5, 0.6) is 11.5 Å². The number of nitrogens with zero attached hydrogens (tertiary/aromatic N) is 2. The number of aromatic nitrogens is 1. The van der Waals surface area contributed by atoms with Gasteiger partial charge in [0.05, 0.1) is 25.8 Å². The SMILES string of the molecule is COc1ccc(CN(Sc2ccc(Br)c(Cl)c2)c2cccc(F)n2)c(OC)c1. The average Bonchev–Trinajstić information content (AvgIpc) is 2.70. The monoisotopic (exact) mass is 482 g/mol. The van der Waals surface area contributed by atoms with Crippen LogP contribution >= 0.6 is 39.5 Å². The van der Waals surface area contributed by atoms with Crippen LogP contribution in [0.15, 0.2) is 64.0 Å². The van der Waals surface area contributed by atoms with Crippen LogP contribution in [-0.4, -0.2) is 19.2 Å². The molecule has 0 aliphatic carbocycles. The highest BCUT2D eigenvalue weighted by Gasteiger charge is 2.16. The second kappa shape index (κ2) is 9.49. The van der Waals surface area contributed by atoms with E-state index in [1.807, 2.05) is 40.7 Å². The number of halogens is 3. The first kappa shape index (κ1) is 20.8. The van der Waals surface area contributed by atoms with Gasteiger partial charge in [-0.2, -0.15) is 4.39 Å². The standard InChI is InChI=1S/C20H17BrClFN2O2S/c1-26-14-7-6-13(18(10-14)27-2)12-25(20-5-3-4-19(23)24-20)28-15-8-9-16(21)17(22)11-15/h3-11H,12H2,1-2H3. The van der Waals surface area contributed by atoms with Crippen molar-refractivity contribution in [1.82, 2.24) is 4.98 Å². The Morgan fingerprint density at radius 2 is 1.93 bits per heavy atom. The summed E-state index contributed by atoms with van der Waals surface area (Å²) >= 11 is 11.0. The average molecular weight is 484 g/mol. The topological polar surface area (TPSA) is 34.6 Å². The van der Waals surface area contributed by atoms with Crippen LogP contribution in [0.25, 0.3) is 0 Å². The van der Waals surface area contributed by atoms with Crippen LogP contribution in [-0.2, 0) is 6.54 Å². The van der Waals surface area contributed by atoms with Gasteiger partial charge in [0.15, 0.2) is 0 Å². The van der Waals surface area contributed by atoms with E-state index in [2.05, 4.69) is 20.9 Å². The molecule has 0 unspecified atom stereocenters. The maximum atomic E-state index is 13.8. The molecule has 28 heavy (non-hydrogen) atoms. The molecule has 146 valence electrons. The number of ether oxygens (including phenoxy) is 2. The zero-order chi connectivity index (χ0) is 20.1. The number of anilines is 1. The van der Waals surface area contributed by atoms with Crippen molar-refractivity contribution in [1.29, 1.82) is 0 Å². The zero-order valence-corrected chi connectivity index (χ0v) is 18.3. The van der Waals surface area contributed by atoms with Crippen LogP contribution in [0.3, 0.4) is 0 Å². The van der Waals surface area contributed by atoms with Gasteiger partial charge >= 0.3 is 0 Å². The molecule has 3 rings (SSSR count). The Bertz CT molecular complexity index is 977. The van der Waals surface area contributed by atoms with Gasteiger partial charge in [-0.15, -0.1) is 0 Å². The Kier molecular flexibility index (Phi) is 7.04. The second-order valence-corrected chi connectivity index (χ2v) is 8.06. The third kappa shape index (κ3) is 5.10. The highest BCUT2D eigenvalue weighted by molar-refractivity contribution is 9.10. The highest BCUT2D eigenvalue weighted by Crippen LogP contribution is 2.35. The number of pyridine rings is 1. The predicted molar refractivity (Wildman–Crippen MR) is 115 cm³/mol. The van der Waals surface area contributed by atoms with Crippen LogP contribution in [0.2, 0.25) is 5.02 Å². The van der Waals surface area contributed by atoms with Crippen LogP contribution < -0.4 is 13.8 Å². The number of hydrogen-bond acceptors (Lipinski definition) is 5. The number of hydrogen-bond donors (Lipinski definition) is 0. The van der Waals surface area contributed by atoms with Crippen molar-refractivity contribution in [2.24, 2.45) is 0 Å². The van der Waals surface area contributed by atoms with Crippen LogP contribution in [0.4, 0.5) is 10.2 Å². The molecule has 1 aromatic heterocycles. The van der Waals surface area contributed by atoms with Gasteiger partial charge in [-0.1, -0.05) is 17.7 Å². The number of rotatable bonds is 7. The Balaban J connectivity index is 1.95. The Labute approximate surface area is 180 Å². The lowest BCUT2D eigenvalue weighted by Crippen LogP contribution is -2.16. The molecule has 0 saturated carbocycles. The van der Waals surface area contributed by atoms with Crippen molar-refractivity contribution in [2.45, 2.75) is 11.4 Å². The number of methoxy groups -OCH3 is 2. The van der Waals surface area contributed by atoms with Gasteiger partial charge in [-0.05, 0) is 70.3 Å². The van der Waals surface area contributed by atoms with E-state index in [9.17, 15) is 4.39 Å². The third-order valence-electron chi connectivity index (χ3n) is 3.87. The van der Waals surface area contributed by atoms with Crippen molar-refractivity contribution in [3.8, 4) is 11.5 Å². The first-order chi connectivity index (χ1) is 13.5. The molecule has 0 aliphatic rings. The van der Waals surface area contributed by atoms with Gasteiger partial charge < -0.3 is 9.47 Å². The van der Waals surface area contributed by atoms with Crippen molar-refractivity contribution >= 4 is 45.3 Å². The van der Waals surface area contributed by atoms with E-state index in [4.69, 9.17) is 21.1 Å². The lowest BCUT2D eigenvalue weighted by Gasteiger charge is -2.23. The minimum absolute atomic E-state index is 0.433. The van der Waals surface area contributed by atoms with Crippen molar-refractivity contribution in [3.63, 3.8) is 0 Å². The molecule has 0 amide bonds. The summed E-state index contributed by atoms with van der Waals surface area (Å²) in [5.74, 6) is 1.32. The summed E-state index contributed by atoms with van der Waals surface area (Å²) in [7, 11) is 3.20. The van der Waals surface area contributed by atoms with E-state index in [0.717, 1.165) is 14.9 Å². The maximum Gasteiger partial charge on any atom is 0.214 e. The maximum absolute atomic E-state index is 13.8. The molecule has 3 aromatic rings. The normalized spacial score (nSPS) is 10.6. The molecule has 0 atom stereocenters. The first-order valence-electron chi connectivity index (χ1n) is 8.24. The molecule has 0 radical (unpaired) electrons. The van der Waals surface area contributed by atoms with Crippen molar-refractivity contribution in [3.05, 3.63) is 75.6 Å². The lowest BCUT2D eigenvalue weighted by molar-refractivity contribution is 0.391. The van der Waals surface area contributed by atoms with Gasteiger partial charge in [-0.25, -0.2) is 4.98 Å². The summed E-state index contributed by atoms with van der Waals surface area (Å²) in [6.45, 7) is 0.433. The minimum atomic E-state index is -0.543. The lowest BCUT2D eigenvalue weighted by atomic mass is 10.2. The Morgan fingerprint density at radius 1 is 1.11 bits per heavy atom. The van der Waals surface area contributed by atoms with E-state index < -0.39 is 5.95 Å². The summed E-state index contributed by atoms with van der Waals surface area (Å²) < 4.78 is 27.2. The molecule has 0 aliphatic heterocycles. The van der Waals surface area contributed by atoms with Gasteiger partial charge in [0, 0.05) is 21.0 Å².